The zero-order valence-corrected chi connectivity index (χ0v) is 15.0. The Morgan fingerprint density at radius 2 is 1.59 bits per heavy atom. The summed E-state index contributed by atoms with van der Waals surface area (Å²) in [5.41, 5.74) is 7.24. The fourth-order valence-electron chi connectivity index (χ4n) is 3.21. The van der Waals surface area contributed by atoms with Gasteiger partial charge in [-0.25, -0.2) is 0 Å². The molecule has 4 rings (SSSR count). The lowest BCUT2D eigenvalue weighted by Gasteiger charge is -2.16. The molecule has 0 unspecified atom stereocenters. The molecule has 0 saturated heterocycles. The predicted molar refractivity (Wildman–Crippen MR) is 102 cm³/mol. The van der Waals surface area contributed by atoms with Crippen LogP contribution in [0.3, 0.4) is 0 Å². The van der Waals surface area contributed by atoms with E-state index < -0.39 is 5.43 Å². The molecule has 2 aromatic heterocycles. The van der Waals surface area contributed by atoms with E-state index in [0.717, 1.165) is 0 Å². The Hall–Kier alpha value is -3.61. The molecule has 138 valence electrons. The Morgan fingerprint density at radius 1 is 0.852 bits per heavy atom. The van der Waals surface area contributed by atoms with Gasteiger partial charge in [0.25, 0.3) is 0 Å². The molecule has 4 aromatic rings. The maximum absolute atomic E-state index is 13.2. The van der Waals surface area contributed by atoms with Crippen LogP contribution in [0.2, 0.25) is 0 Å². The summed E-state index contributed by atoms with van der Waals surface area (Å²) >= 11 is 0. The highest BCUT2D eigenvalue weighted by Gasteiger charge is 2.25. The number of methoxy groups -OCH3 is 3. The fourth-order valence-corrected chi connectivity index (χ4v) is 3.21. The van der Waals surface area contributed by atoms with Crippen molar-refractivity contribution in [1.29, 1.82) is 0 Å². The normalized spacial score (nSPS) is 11.1. The number of para-hydroxylation sites is 1. The van der Waals surface area contributed by atoms with Crippen LogP contribution < -0.4 is 25.4 Å². The second kappa shape index (κ2) is 6.28. The van der Waals surface area contributed by atoms with Gasteiger partial charge in [0, 0.05) is 5.56 Å². The number of rotatable bonds is 4. The number of anilines is 1. The number of fused-ring (bicyclic) bond motifs is 3. The van der Waals surface area contributed by atoms with Crippen LogP contribution in [0.5, 0.6) is 17.2 Å². The van der Waals surface area contributed by atoms with E-state index in [9.17, 15) is 4.79 Å². The lowest BCUT2D eigenvalue weighted by atomic mass is 10.0. The summed E-state index contributed by atoms with van der Waals surface area (Å²) in [5, 5.41) is 0.683. The Morgan fingerprint density at radius 3 is 2.30 bits per heavy atom. The molecule has 0 aliphatic carbocycles. The molecule has 2 aromatic carbocycles. The van der Waals surface area contributed by atoms with Crippen LogP contribution in [0.1, 0.15) is 0 Å². The topological polar surface area (TPSA) is 97.1 Å². The Bertz CT molecular complexity index is 1220. The highest BCUT2D eigenvalue weighted by Crippen LogP contribution is 2.45. The first-order valence-electron chi connectivity index (χ1n) is 8.13. The van der Waals surface area contributed by atoms with Gasteiger partial charge >= 0.3 is 0 Å². The van der Waals surface area contributed by atoms with Gasteiger partial charge in [-0.15, -0.1) is 0 Å². The maximum atomic E-state index is 13.2. The van der Waals surface area contributed by atoms with Crippen molar-refractivity contribution in [1.82, 2.24) is 0 Å². The van der Waals surface area contributed by atoms with Crippen LogP contribution in [0.15, 0.2) is 50.0 Å². The zero-order valence-electron chi connectivity index (χ0n) is 15.0. The number of nitrogen functional groups attached to an aromatic ring is 1. The van der Waals surface area contributed by atoms with Gasteiger partial charge in [-0.1, -0.05) is 12.1 Å². The number of ether oxygens (including phenoxy) is 3. The third-order valence-corrected chi connectivity index (χ3v) is 4.42. The molecular formula is C20H17NO6. The monoisotopic (exact) mass is 367 g/mol. The molecule has 0 aliphatic heterocycles. The number of nitrogens with two attached hydrogens (primary N) is 1. The van der Waals surface area contributed by atoms with Gasteiger partial charge in [-0.05, 0) is 24.3 Å². The van der Waals surface area contributed by atoms with E-state index in [1.54, 1.807) is 24.3 Å². The van der Waals surface area contributed by atoms with Crippen LogP contribution in [0, 0.1) is 0 Å². The predicted octanol–water partition coefficient (Wildman–Crippen LogP) is 3.81. The average molecular weight is 367 g/mol. The Labute approximate surface area is 153 Å². The lowest BCUT2D eigenvalue weighted by molar-refractivity contribution is 0.325. The number of hydrogen-bond donors (Lipinski definition) is 1. The van der Waals surface area contributed by atoms with Crippen molar-refractivity contribution in [2.45, 2.75) is 0 Å². The van der Waals surface area contributed by atoms with E-state index in [4.69, 9.17) is 28.8 Å². The maximum Gasteiger partial charge on any atom is 0.238 e. The summed E-state index contributed by atoms with van der Waals surface area (Å²) in [4.78, 5) is 13.2. The smallest absolute Gasteiger partial charge is 0.238 e. The quantitative estimate of drug-likeness (QED) is 0.586. The molecular weight excluding hydrogens is 350 g/mol. The van der Waals surface area contributed by atoms with Gasteiger partial charge in [0.2, 0.25) is 22.6 Å². The first-order valence-corrected chi connectivity index (χ1v) is 8.13. The molecule has 27 heavy (non-hydrogen) atoms. The summed E-state index contributed by atoms with van der Waals surface area (Å²) in [6.07, 6.45) is 0. The molecule has 2 N–H and O–H groups in total. The Balaban J connectivity index is 2.08. The van der Waals surface area contributed by atoms with Gasteiger partial charge in [0.15, 0.2) is 17.1 Å². The van der Waals surface area contributed by atoms with Gasteiger partial charge in [0.05, 0.1) is 32.3 Å². The van der Waals surface area contributed by atoms with E-state index in [1.165, 1.54) is 21.3 Å². The highest BCUT2D eigenvalue weighted by atomic mass is 16.5. The first kappa shape index (κ1) is 16.8. The van der Waals surface area contributed by atoms with E-state index in [1.807, 2.05) is 12.1 Å². The lowest BCUT2D eigenvalue weighted by Crippen LogP contribution is -2.09. The van der Waals surface area contributed by atoms with Gasteiger partial charge in [-0.2, -0.15) is 0 Å². The highest BCUT2D eigenvalue weighted by molar-refractivity contribution is 6.03. The third-order valence-electron chi connectivity index (χ3n) is 4.42. The molecule has 0 radical (unpaired) electrons. The standard InChI is InChI=1S/C20H17NO6/c1-23-13-9-8-11(16(24-2)18(13)25-3)14-15(22)19-17(27-20(14)21)10-6-4-5-7-12(10)26-19/h4-9H,21H2,1-3H3. The average Bonchev–Trinajstić information content (AvgIpc) is 3.06. The van der Waals surface area contributed by atoms with Crippen molar-refractivity contribution >= 4 is 28.0 Å². The molecule has 0 bridgehead atoms. The van der Waals surface area contributed by atoms with Crippen molar-refractivity contribution in [2.24, 2.45) is 0 Å². The second-order valence-corrected chi connectivity index (χ2v) is 5.81. The van der Waals surface area contributed by atoms with E-state index in [2.05, 4.69) is 0 Å². The molecule has 7 nitrogen and oxygen atoms in total. The van der Waals surface area contributed by atoms with E-state index in [0.29, 0.717) is 39.4 Å². The van der Waals surface area contributed by atoms with Crippen LogP contribution in [0.4, 0.5) is 5.88 Å². The largest absolute Gasteiger partial charge is 0.493 e. The minimum atomic E-state index is -0.393. The zero-order chi connectivity index (χ0) is 19.1. The van der Waals surface area contributed by atoms with E-state index in [-0.39, 0.29) is 17.0 Å². The van der Waals surface area contributed by atoms with Crippen molar-refractivity contribution in [3.8, 4) is 28.4 Å². The van der Waals surface area contributed by atoms with E-state index >= 15 is 0 Å². The summed E-state index contributed by atoms with van der Waals surface area (Å²) < 4.78 is 27.6. The van der Waals surface area contributed by atoms with Crippen molar-refractivity contribution in [3.63, 3.8) is 0 Å². The minimum absolute atomic E-state index is 0.0374. The van der Waals surface area contributed by atoms with Gasteiger partial charge < -0.3 is 28.8 Å². The molecule has 7 heteroatoms. The van der Waals surface area contributed by atoms with Crippen LogP contribution >= 0.6 is 0 Å². The van der Waals surface area contributed by atoms with Gasteiger partial charge in [0.1, 0.15) is 5.58 Å². The summed E-state index contributed by atoms with van der Waals surface area (Å²) in [6.45, 7) is 0. The summed E-state index contributed by atoms with van der Waals surface area (Å²) in [6, 6.07) is 10.5. The molecule has 0 aliphatic rings. The molecule has 0 fully saturated rings. The number of furan rings is 1. The minimum Gasteiger partial charge on any atom is -0.493 e. The third kappa shape index (κ3) is 2.39. The number of benzene rings is 2. The summed E-state index contributed by atoms with van der Waals surface area (Å²) in [5.74, 6) is 1.09. The fraction of sp³-hybridized carbons (Fsp3) is 0.150. The van der Waals surface area contributed by atoms with Crippen molar-refractivity contribution in [2.75, 3.05) is 27.1 Å². The number of hydrogen-bond acceptors (Lipinski definition) is 7. The van der Waals surface area contributed by atoms with Gasteiger partial charge in [-0.3, -0.25) is 4.79 Å². The van der Waals surface area contributed by atoms with Crippen molar-refractivity contribution in [3.05, 3.63) is 46.6 Å². The Kier molecular flexibility index (Phi) is 3.92. The first-order chi connectivity index (χ1) is 13.1. The SMILES string of the molecule is COc1ccc(-c2c(N)oc3c(oc4ccccc43)c2=O)c(OC)c1OC. The van der Waals surface area contributed by atoms with Crippen LogP contribution in [-0.2, 0) is 0 Å². The summed E-state index contributed by atoms with van der Waals surface area (Å²) in [7, 11) is 4.47. The molecule has 0 amide bonds. The molecule has 0 saturated carbocycles. The molecule has 0 atom stereocenters. The molecule has 0 spiro atoms. The molecule has 2 heterocycles. The van der Waals surface area contributed by atoms with Crippen molar-refractivity contribution < 1.29 is 23.0 Å². The van der Waals surface area contributed by atoms with Crippen LogP contribution in [-0.4, -0.2) is 21.3 Å². The van der Waals surface area contributed by atoms with Crippen LogP contribution in [0.25, 0.3) is 33.3 Å². The second-order valence-electron chi connectivity index (χ2n) is 5.81.